The lowest BCUT2D eigenvalue weighted by molar-refractivity contribution is -0.136. The summed E-state index contributed by atoms with van der Waals surface area (Å²) in [4.78, 5) is 41.1. The van der Waals surface area contributed by atoms with Crippen LogP contribution in [0.2, 0.25) is 0 Å². The average molecular weight is 474 g/mol. The first-order chi connectivity index (χ1) is 15.0. The van der Waals surface area contributed by atoms with Crippen molar-refractivity contribution in [1.29, 1.82) is 0 Å². The summed E-state index contributed by atoms with van der Waals surface area (Å²) in [6.45, 7) is 3.40. The quantitative estimate of drug-likeness (QED) is 0.740. The second-order valence-corrected chi connectivity index (χ2v) is 9.74. The lowest BCUT2D eigenvalue weighted by atomic mass is 9.75. The maximum absolute atomic E-state index is 13.4. The van der Waals surface area contributed by atoms with E-state index in [4.69, 9.17) is 0 Å². The number of carbonyl (C=O) groups is 1. The Balaban J connectivity index is 1.79. The standard InChI is InChI=1S/C21H26F3N3O4S/c1-3-26-17(29)14-11(2)16(32-19(14)27(20(26)31)8-7-21(22,23)24)18(30)25-9-12-5-4-6-13(10-25)15(12)28/h12-13,15,28H,3-10H2,1-2H3. The lowest BCUT2D eigenvalue weighted by Gasteiger charge is -2.44. The molecule has 32 heavy (non-hydrogen) atoms. The third kappa shape index (κ3) is 3.89. The second kappa shape index (κ2) is 8.33. The van der Waals surface area contributed by atoms with Crippen LogP contribution in [-0.2, 0) is 13.1 Å². The number of rotatable bonds is 4. The van der Waals surface area contributed by atoms with Gasteiger partial charge in [0.05, 0.1) is 22.8 Å². The van der Waals surface area contributed by atoms with Gasteiger partial charge in [-0.2, -0.15) is 13.2 Å². The molecule has 1 amide bonds. The van der Waals surface area contributed by atoms with Crippen LogP contribution in [0.15, 0.2) is 9.59 Å². The molecule has 2 aliphatic rings. The molecule has 2 aromatic rings. The smallest absolute Gasteiger partial charge is 0.390 e. The Bertz CT molecular complexity index is 1150. The van der Waals surface area contributed by atoms with Gasteiger partial charge in [-0.3, -0.25) is 18.7 Å². The molecule has 0 radical (unpaired) electrons. The highest BCUT2D eigenvalue weighted by atomic mass is 32.1. The predicted molar refractivity (Wildman–Crippen MR) is 114 cm³/mol. The number of thiophene rings is 1. The molecular formula is C21H26F3N3O4S. The number of aliphatic hydroxyl groups excluding tert-OH is 1. The van der Waals surface area contributed by atoms with Gasteiger partial charge in [-0.05, 0) is 32.3 Å². The Hall–Kier alpha value is -2.14. The van der Waals surface area contributed by atoms with Crippen LogP contribution < -0.4 is 11.2 Å². The molecule has 11 heteroatoms. The van der Waals surface area contributed by atoms with Crippen molar-refractivity contribution >= 4 is 27.5 Å². The molecule has 0 spiro atoms. The zero-order valence-electron chi connectivity index (χ0n) is 17.9. The van der Waals surface area contributed by atoms with Crippen molar-refractivity contribution in [3.8, 4) is 0 Å². The molecule has 1 N–H and O–H groups in total. The van der Waals surface area contributed by atoms with Crippen LogP contribution in [0.4, 0.5) is 13.2 Å². The Morgan fingerprint density at radius 3 is 2.34 bits per heavy atom. The lowest BCUT2D eigenvalue weighted by Crippen LogP contribution is -2.53. The zero-order chi connectivity index (χ0) is 23.4. The van der Waals surface area contributed by atoms with Gasteiger partial charge in [0.2, 0.25) is 0 Å². The molecule has 2 aromatic heterocycles. The summed E-state index contributed by atoms with van der Waals surface area (Å²) in [7, 11) is 0. The Morgan fingerprint density at radius 1 is 1.16 bits per heavy atom. The number of nitrogens with zero attached hydrogens (tertiary/aromatic N) is 3. The minimum Gasteiger partial charge on any atom is -0.392 e. The van der Waals surface area contributed by atoms with Gasteiger partial charge in [-0.15, -0.1) is 11.3 Å². The Labute approximate surface area is 186 Å². The van der Waals surface area contributed by atoms with Crippen LogP contribution in [0.3, 0.4) is 0 Å². The summed E-state index contributed by atoms with van der Waals surface area (Å²) in [6.07, 6.45) is -3.41. The molecule has 2 fully saturated rings. The van der Waals surface area contributed by atoms with Gasteiger partial charge in [0.15, 0.2) is 0 Å². The normalized spacial score (nSPS) is 23.7. The van der Waals surface area contributed by atoms with Gasteiger partial charge in [0.25, 0.3) is 11.5 Å². The van der Waals surface area contributed by atoms with E-state index in [0.717, 1.165) is 39.7 Å². The van der Waals surface area contributed by atoms with E-state index in [9.17, 15) is 32.7 Å². The van der Waals surface area contributed by atoms with Crippen molar-refractivity contribution in [2.45, 2.75) is 64.9 Å². The predicted octanol–water partition coefficient (Wildman–Crippen LogP) is 2.74. The average Bonchev–Trinajstić information content (AvgIpc) is 3.04. The zero-order valence-corrected chi connectivity index (χ0v) is 18.8. The van der Waals surface area contributed by atoms with Gasteiger partial charge in [-0.1, -0.05) is 6.42 Å². The highest BCUT2D eigenvalue weighted by Crippen LogP contribution is 2.37. The molecule has 1 aliphatic heterocycles. The number of aliphatic hydroxyl groups is 1. The van der Waals surface area contributed by atoms with E-state index in [0.29, 0.717) is 18.7 Å². The minimum absolute atomic E-state index is 0.00317. The van der Waals surface area contributed by atoms with Crippen LogP contribution in [0.5, 0.6) is 0 Å². The number of carbonyl (C=O) groups excluding carboxylic acids is 1. The molecule has 3 heterocycles. The first-order valence-corrected chi connectivity index (χ1v) is 11.7. The summed E-state index contributed by atoms with van der Waals surface area (Å²) in [5.74, 6) is -0.295. The van der Waals surface area contributed by atoms with Crippen molar-refractivity contribution < 1.29 is 23.1 Å². The summed E-state index contributed by atoms with van der Waals surface area (Å²) in [5.41, 5.74) is -1.00. The van der Waals surface area contributed by atoms with Crippen LogP contribution in [0, 0.1) is 18.8 Å². The van der Waals surface area contributed by atoms with E-state index in [2.05, 4.69) is 0 Å². The number of hydrogen-bond acceptors (Lipinski definition) is 5. The minimum atomic E-state index is -4.46. The van der Waals surface area contributed by atoms with Crippen molar-refractivity contribution in [2.75, 3.05) is 13.1 Å². The van der Waals surface area contributed by atoms with E-state index in [1.54, 1.807) is 18.7 Å². The molecule has 1 saturated carbocycles. The van der Waals surface area contributed by atoms with Crippen molar-refractivity contribution in [3.05, 3.63) is 31.3 Å². The van der Waals surface area contributed by atoms with E-state index < -0.39 is 36.5 Å². The SMILES string of the molecule is CCn1c(=O)c2c(C)c(C(=O)N3CC4CCCC(C3)C4O)sc2n(CCC(F)(F)F)c1=O. The Morgan fingerprint density at radius 2 is 1.78 bits per heavy atom. The van der Waals surface area contributed by atoms with E-state index in [1.165, 1.54) is 0 Å². The van der Waals surface area contributed by atoms with Gasteiger partial charge in [-0.25, -0.2) is 4.79 Å². The highest BCUT2D eigenvalue weighted by Gasteiger charge is 2.40. The van der Waals surface area contributed by atoms with E-state index in [1.807, 2.05) is 0 Å². The first-order valence-electron chi connectivity index (χ1n) is 10.8. The summed E-state index contributed by atoms with van der Waals surface area (Å²) < 4.78 is 40.5. The number of halogens is 3. The molecule has 1 aliphatic carbocycles. The molecule has 7 nitrogen and oxygen atoms in total. The number of alkyl halides is 3. The van der Waals surface area contributed by atoms with Gasteiger partial charge < -0.3 is 10.0 Å². The molecule has 2 unspecified atom stereocenters. The van der Waals surface area contributed by atoms with Gasteiger partial charge >= 0.3 is 11.9 Å². The van der Waals surface area contributed by atoms with Crippen molar-refractivity contribution in [3.63, 3.8) is 0 Å². The van der Waals surface area contributed by atoms with E-state index in [-0.39, 0.29) is 39.4 Å². The maximum atomic E-state index is 13.4. The van der Waals surface area contributed by atoms with Crippen LogP contribution in [0.25, 0.3) is 10.2 Å². The van der Waals surface area contributed by atoms with Crippen LogP contribution >= 0.6 is 11.3 Å². The number of fused-ring (bicyclic) bond motifs is 3. The summed E-state index contributed by atoms with van der Waals surface area (Å²) in [5, 5.41) is 10.5. The third-order valence-corrected chi connectivity index (χ3v) is 8.04. The third-order valence-electron chi connectivity index (χ3n) is 6.74. The molecule has 1 saturated heterocycles. The molecule has 2 bridgehead atoms. The maximum Gasteiger partial charge on any atom is 0.390 e. The molecule has 0 aromatic carbocycles. The number of aromatic nitrogens is 2. The first kappa shape index (κ1) is 23.0. The molecule has 176 valence electrons. The number of aryl methyl sites for hydroxylation is 2. The number of hydrogen-bond donors (Lipinski definition) is 1. The molecule has 2 atom stereocenters. The fourth-order valence-electron chi connectivity index (χ4n) is 5.03. The number of likely N-dealkylation sites (tertiary alicyclic amines) is 1. The summed E-state index contributed by atoms with van der Waals surface area (Å²) >= 11 is 0.908. The fourth-order valence-corrected chi connectivity index (χ4v) is 6.32. The van der Waals surface area contributed by atoms with Crippen LogP contribution in [-0.4, -0.2) is 50.4 Å². The second-order valence-electron chi connectivity index (χ2n) is 8.74. The highest BCUT2D eigenvalue weighted by molar-refractivity contribution is 7.20. The topological polar surface area (TPSA) is 84.5 Å². The largest absolute Gasteiger partial charge is 0.392 e. The van der Waals surface area contributed by atoms with Gasteiger partial charge in [0.1, 0.15) is 4.83 Å². The monoisotopic (exact) mass is 473 g/mol. The summed E-state index contributed by atoms with van der Waals surface area (Å²) in [6, 6.07) is 0. The van der Waals surface area contributed by atoms with Crippen molar-refractivity contribution in [1.82, 2.24) is 14.0 Å². The van der Waals surface area contributed by atoms with Crippen molar-refractivity contribution in [2.24, 2.45) is 11.8 Å². The molecule has 4 rings (SSSR count). The van der Waals surface area contributed by atoms with E-state index >= 15 is 0 Å². The molecular weight excluding hydrogens is 447 g/mol. The number of piperidine rings is 1. The Kier molecular flexibility index (Phi) is 6.00. The fraction of sp³-hybridized carbons (Fsp3) is 0.667. The van der Waals surface area contributed by atoms with Crippen LogP contribution in [0.1, 0.15) is 47.8 Å². The number of amides is 1. The van der Waals surface area contributed by atoms with Gasteiger partial charge in [0, 0.05) is 38.0 Å².